The smallest absolute Gasteiger partial charge is 0.123 e. The first-order valence-electron chi connectivity index (χ1n) is 8.70. The number of amidine groups is 1. The Hall–Kier alpha value is -3.35. The minimum atomic E-state index is 0.177. The summed E-state index contributed by atoms with van der Waals surface area (Å²) >= 11 is 0. The molecule has 0 spiro atoms. The molecule has 2 aliphatic heterocycles. The van der Waals surface area contributed by atoms with Crippen molar-refractivity contribution in [3.05, 3.63) is 70.1 Å². The Kier molecular flexibility index (Phi) is 6.18. The van der Waals surface area contributed by atoms with Crippen LogP contribution in [0.2, 0.25) is 0 Å². The molecule has 0 amide bonds. The molecule has 0 fully saturated rings. The molecule has 2 aliphatic rings. The van der Waals surface area contributed by atoms with Gasteiger partial charge in [0.15, 0.2) is 0 Å². The third kappa shape index (κ3) is 4.84. The van der Waals surface area contributed by atoms with E-state index in [-0.39, 0.29) is 11.8 Å². The molecule has 0 saturated carbocycles. The zero-order valence-corrected chi connectivity index (χ0v) is 16.1. The standard InChI is InChI=1S/C20H27N7/c1-11(2)14(9-21)8-18(24)27-19-6-5-16-17(26-19)7-15(10-25-16)20(12(3)22)13(4)23/h5-11,21-22,25-26H,23H2,1-4H3,(H2,24,27). The highest BCUT2D eigenvalue weighted by atomic mass is 15.1. The van der Waals surface area contributed by atoms with Gasteiger partial charge in [-0.2, -0.15) is 0 Å². The van der Waals surface area contributed by atoms with Gasteiger partial charge in [-0.15, -0.1) is 0 Å². The van der Waals surface area contributed by atoms with E-state index in [9.17, 15) is 0 Å². The van der Waals surface area contributed by atoms with Crippen LogP contribution in [0.4, 0.5) is 0 Å². The van der Waals surface area contributed by atoms with E-state index in [1.54, 1.807) is 19.9 Å². The van der Waals surface area contributed by atoms with Crippen LogP contribution in [0.5, 0.6) is 0 Å². The number of allylic oxidation sites excluding steroid dienone is 7. The van der Waals surface area contributed by atoms with Crippen LogP contribution in [-0.2, 0) is 0 Å². The molecule has 0 atom stereocenters. The van der Waals surface area contributed by atoms with Crippen molar-refractivity contribution >= 4 is 17.8 Å². The normalized spacial score (nSPS) is 17.1. The lowest BCUT2D eigenvalue weighted by atomic mass is 9.97. The molecule has 0 unspecified atom stereocenters. The van der Waals surface area contributed by atoms with Crippen LogP contribution < -0.4 is 21.7 Å². The summed E-state index contributed by atoms with van der Waals surface area (Å²) in [6.07, 6.45) is 10.4. The van der Waals surface area contributed by atoms with E-state index in [1.165, 1.54) is 6.21 Å². The molecule has 2 heterocycles. The van der Waals surface area contributed by atoms with E-state index in [4.69, 9.17) is 22.0 Å². The Morgan fingerprint density at radius 2 is 1.89 bits per heavy atom. The molecular weight excluding hydrogens is 338 g/mol. The zero-order valence-electron chi connectivity index (χ0n) is 16.1. The van der Waals surface area contributed by atoms with Crippen molar-refractivity contribution < 1.29 is 0 Å². The summed E-state index contributed by atoms with van der Waals surface area (Å²) in [5.74, 6) is 1.03. The van der Waals surface area contributed by atoms with E-state index < -0.39 is 0 Å². The van der Waals surface area contributed by atoms with Gasteiger partial charge in [-0.05, 0) is 49.6 Å². The average Bonchev–Trinajstić information content (AvgIpc) is 2.58. The molecule has 2 rings (SSSR count). The Bertz CT molecular complexity index is 857. The number of hydrogen-bond acceptors (Lipinski definition) is 6. The lowest BCUT2D eigenvalue weighted by Crippen LogP contribution is -2.35. The maximum Gasteiger partial charge on any atom is 0.123 e. The van der Waals surface area contributed by atoms with Crippen LogP contribution in [0.25, 0.3) is 0 Å². The maximum atomic E-state index is 8.11. The molecule has 0 aromatic heterocycles. The summed E-state index contributed by atoms with van der Waals surface area (Å²) in [5, 5.41) is 33.0. The number of nitrogens with two attached hydrogens (primary N) is 1. The molecule has 0 aromatic carbocycles. The highest BCUT2D eigenvalue weighted by molar-refractivity contribution is 6.01. The van der Waals surface area contributed by atoms with E-state index in [0.717, 1.165) is 22.5 Å². The Labute approximate surface area is 160 Å². The second kappa shape index (κ2) is 8.35. The molecule has 0 saturated heterocycles. The predicted octanol–water partition coefficient (Wildman–Crippen LogP) is 2.76. The SMILES string of the molecule is CC(=N)C(C1=CNC2=CC=C(NC(=N)C=C(C=N)C(C)C)NC2=C1)=C(C)N. The Balaban J connectivity index is 2.19. The van der Waals surface area contributed by atoms with Crippen molar-refractivity contribution in [3.63, 3.8) is 0 Å². The van der Waals surface area contributed by atoms with Crippen molar-refractivity contribution in [2.45, 2.75) is 27.7 Å². The van der Waals surface area contributed by atoms with Crippen molar-refractivity contribution in [2.24, 2.45) is 11.7 Å². The van der Waals surface area contributed by atoms with E-state index in [2.05, 4.69) is 16.0 Å². The number of fused-ring (bicyclic) bond motifs is 1. The minimum Gasteiger partial charge on any atom is -0.402 e. The van der Waals surface area contributed by atoms with Crippen LogP contribution in [-0.4, -0.2) is 17.8 Å². The average molecular weight is 365 g/mol. The molecule has 0 radical (unpaired) electrons. The monoisotopic (exact) mass is 365 g/mol. The van der Waals surface area contributed by atoms with Crippen LogP contribution in [0.1, 0.15) is 27.7 Å². The van der Waals surface area contributed by atoms with Gasteiger partial charge in [0.05, 0.1) is 11.4 Å². The molecule has 0 aromatic rings. The van der Waals surface area contributed by atoms with Crippen molar-refractivity contribution in [3.8, 4) is 0 Å². The Morgan fingerprint density at radius 1 is 1.19 bits per heavy atom. The van der Waals surface area contributed by atoms with Crippen LogP contribution in [0, 0.1) is 22.1 Å². The fourth-order valence-corrected chi connectivity index (χ4v) is 2.78. The molecule has 7 nitrogen and oxygen atoms in total. The highest BCUT2D eigenvalue weighted by Crippen LogP contribution is 2.24. The molecule has 0 bridgehead atoms. The van der Waals surface area contributed by atoms with Gasteiger partial charge in [-0.3, -0.25) is 5.41 Å². The third-order valence-corrected chi connectivity index (χ3v) is 4.13. The third-order valence-electron chi connectivity index (χ3n) is 4.13. The highest BCUT2D eigenvalue weighted by Gasteiger charge is 2.19. The van der Waals surface area contributed by atoms with Gasteiger partial charge in [0, 0.05) is 35.0 Å². The fourth-order valence-electron chi connectivity index (χ4n) is 2.78. The van der Waals surface area contributed by atoms with Gasteiger partial charge in [0.2, 0.25) is 0 Å². The molecule has 7 heteroatoms. The lowest BCUT2D eigenvalue weighted by Gasteiger charge is -2.26. The van der Waals surface area contributed by atoms with Gasteiger partial charge in [0.25, 0.3) is 0 Å². The zero-order chi connectivity index (χ0) is 20.1. The molecule has 8 N–H and O–H groups in total. The summed E-state index contributed by atoms with van der Waals surface area (Å²) in [6, 6.07) is 0. The van der Waals surface area contributed by atoms with E-state index >= 15 is 0 Å². The van der Waals surface area contributed by atoms with Gasteiger partial charge in [-0.1, -0.05) is 13.8 Å². The molecule has 142 valence electrons. The second-order valence-electron chi connectivity index (χ2n) is 6.75. The maximum absolute atomic E-state index is 8.11. The summed E-state index contributed by atoms with van der Waals surface area (Å²) in [5.41, 5.74) is 10.9. The second-order valence-corrected chi connectivity index (χ2v) is 6.75. The predicted molar refractivity (Wildman–Crippen MR) is 111 cm³/mol. The van der Waals surface area contributed by atoms with E-state index in [1.807, 2.05) is 38.3 Å². The molecule has 27 heavy (non-hydrogen) atoms. The summed E-state index contributed by atoms with van der Waals surface area (Å²) in [6.45, 7) is 7.46. The van der Waals surface area contributed by atoms with Gasteiger partial charge in [0.1, 0.15) is 11.7 Å². The topological polar surface area (TPSA) is 134 Å². The minimum absolute atomic E-state index is 0.177. The van der Waals surface area contributed by atoms with Crippen LogP contribution in [0.3, 0.4) is 0 Å². The van der Waals surface area contributed by atoms with Gasteiger partial charge in [-0.25, -0.2) is 0 Å². The number of rotatable bonds is 6. The van der Waals surface area contributed by atoms with Crippen molar-refractivity contribution in [1.29, 1.82) is 16.2 Å². The fraction of sp³-hybridized carbons (Fsp3) is 0.250. The molecular formula is C20H27N7. The van der Waals surface area contributed by atoms with E-state index in [0.29, 0.717) is 22.8 Å². The lowest BCUT2D eigenvalue weighted by molar-refractivity contribution is 0.804. The summed E-state index contributed by atoms with van der Waals surface area (Å²) in [4.78, 5) is 0. The van der Waals surface area contributed by atoms with Crippen molar-refractivity contribution in [2.75, 3.05) is 0 Å². The molecule has 0 aliphatic carbocycles. The summed E-state index contributed by atoms with van der Waals surface area (Å²) in [7, 11) is 0. The first-order valence-corrected chi connectivity index (χ1v) is 8.70. The van der Waals surface area contributed by atoms with Crippen LogP contribution in [0.15, 0.2) is 70.1 Å². The first-order chi connectivity index (χ1) is 12.7. The number of nitrogens with one attached hydrogen (secondary N) is 6. The van der Waals surface area contributed by atoms with Crippen LogP contribution >= 0.6 is 0 Å². The number of dihydropyridines is 2. The van der Waals surface area contributed by atoms with Gasteiger partial charge < -0.3 is 32.5 Å². The quantitative estimate of drug-likeness (QED) is 0.288. The largest absolute Gasteiger partial charge is 0.402 e. The summed E-state index contributed by atoms with van der Waals surface area (Å²) < 4.78 is 0. The number of hydrogen-bond donors (Lipinski definition) is 7. The van der Waals surface area contributed by atoms with Crippen molar-refractivity contribution in [1.82, 2.24) is 16.0 Å². The first kappa shape index (κ1) is 20.0. The van der Waals surface area contributed by atoms with Gasteiger partial charge >= 0.3 is 0 Å². The Morgan fingerprint density at radius 3 is 2.44 bits per heavy atom.